The Morgan fingerprint density at radius 2 is 0.776 bits per heavy atom. The molecule has 0 radical (unpaired) electrons. The van der Waals surface area contributed by atoms with Crippen molar-refractivity contribution in [3.63, 3.8) is 0 Å². The maximum Gasteiger partial charge on any atom is 0.306 e. The summed E-state index contributed by atoms with van der Waals surface area (Å²) in [5.41, 5.74) is 0. The van der Waals surface area contributed by atoms with Gasteiger partial charge in [-0.05, 0) is 77.0 Å². The largest absolute Gasteiger partial charge is 0.462 e. The molecular formula is C52H84O6. The van der Waals surface area contributed by atoms with Gasteiger partial charge >= 0.3 is 17.9 Å². The molecule has 0 fully saturated rings. The monoisotopic (exact) mass is 805 g/mol. The van der Waals surface area contributed by atoms with E-state index >= 15 is 0 Å². The first-order chi connectivity index (χ1) is 28.5. The molecule has 6 heteroatoms. The molecule has 0 aromatic heterocycles. The van der Waals surface area contributed by atoms with Crippen molar-refractivity contribution in [3.05, 3.63) is 97.2 Å². The Labute approximate surface area is 356 Å². The van der Waals surface area contributed by atoms with Crippen LogP contribution in [0.5, 0.6) is 0 Å². The molecule has 0 aliphatic rings. The lowest BCUT2D eigenvalue weighted by Gasteiger charge is -2.18. The van der Waals surface area contributed by atoms with Crippen molar-refractivity contribution in [2.24, 2.45) is 0 Å². The molecule has 0 aliphatic heterocycles. The van der Waals surface area contributed by atoms with Crippen LogP contribution in [0.4, 0.5) is 0 Å². The molecular weight excluding hydrogens is 721 g/mol. The number of esters is 3. The van der Waals surface area contributed by atoms with Crippen LogP contribution < -0.4 is 0 Å². The maximum absolute atomic E-state index is 12.7. The number of carbonyl (C=O) groups is 3. The minimum absolute atomic E-state index is 0.112. The molecule has 0 bridgehead atoms. The quantitative estimate of drug-likeness (QED) is 0.0202. The highest BCUT2D eigenvalue weighted by atomic mass is 16.6. The second-order valence-electron chi connectivity index (χ2n) is 15.0. The zero-order chi connectivity index (χ0) is 42.3. The number of hydrogen-bond acceptors (Lipinski definition) is 6. The highest BCUT2D eigenvalue weighted by Gasteiger charge is 2.19. The second-order valence-corrected chi connectivity index (χ2v) is 15.0. The van der Waals surface area contributed by atoms with E-state index in [0.717, 1.165) is 89.9 Å². The molecule has 0 saturated carbocycles. The average Bonchev–Trinajstić information content (AvgIpc) is 3.22. The molecule has 0 amide bonds. The Bertz CT molecular complexity index is 1200. The number of allylic oxidation sites excluding steroid dienone is 16. The minimum atomic E-state index is -0.818. The Hall–Kier alpha value is -3.67. The predicted molar refractivity (Wildman–Crippen MR) is 247 cm³/mol. The van der Waals surface area contributed by atoms with E-state index in [-0.39, 0.29) is 44.0 Å². The topological polar surface area (TPSA) is 78.9 Å². The molecule has 0 aromatic rings. The summed E-state index contributed by atoms with van der Waals surface area (Å²) >= 11 is 0. The van der Waals surface area contributed by atoms with Crippen molar-refractivity contribution in [1.29, 1.82) is 0 Å². The molecule has 1 unspecified atom stereocenters. The molecule has 0 saturated heterocycles. The van der Waals surface area contributed by atoms with Gasteiger partial charge in [0.25, 0.3) is 0 Å². The Morgan fingerprint density at radius 1 is 0.379 bits per heavy atom. The van der Waals surface area contributed by atoms with Gasteiger partial charge in [0.1, 0.15) is 13.2 Å². The van der Waals surface area contributed by atoms with E-state index in [4.69, 9.17) is 14.2 Å². The van der Waals surface area contributed by atoms with Crippen molar-refractivity contribution in [1.82, 2.24) is 0 Å². The summed E-state index contributed by atoms with van der Waals surface area (Å²) in [6, 6.07) is 0. The molecule has 0 aliphatic carbocycles. The van der Waals surface area contributed by atoms with Gasteiger partial charge in [0.2, 0.25) is 0 Å². The zero-order valence-corrected chi connectivity index (χ0v) is 37.3. The molecule has 0 spiro atoms. The first-order valence-corrected chi connectivity index (χ1v) is 23.3. The van der Waals surface area contributed by atoms with Crippen molar-refractivity contribution < 1.29 is 28.6 Å². The fraction of sp³-hybridized carbons (Fsp3) is 0.635. The summed E-state index contributed by atoms with van der Waals surface area (Å²) in [5.74, 6) is -1.04. The number of carbonyl (C=O) groups excluding carboxylic acids is 3. The van der Waals surface area contributed by atoms with Gasteiger partial charge in [-0.3, -0.25) is 14.4 Å². The van der Waals surface area contributed by atoms with E-state index in [0.29, 0.717) is 12.8 Å². The summed E-state index contributed by atoms with van der Waals surface area (Å²) in [6.07, 6.45) is 59.8. The van der Waals surface area contributed by atoms with Crippen molar-refractivity contribution in [2.45, 2.75) is 200 Å². The Morgan fingerprint density at radius 3 is 1.28 bits per heavy atom. The summed E-state index contributed by atoms with van der Waals surface area (Å²) in [7, 11) is 0. The second kappa shape index (κ2) is 46.0. The van der Waals surface area contributed by atoms with Crippen LogP contribution in [0.25, 0.3) is 0 Å². The van der Waals surface area contributed by atoms with Crippen molar-refractivity contribution in [3.8, 4) is 0 Å². The van der Waals surface area contributed by atoms with Gasteiger partial charge in [0.15, 0.2) is 6.10 Å². The summed E-state index contributed by atoms with van der Waals surface area (Å²) in [5, 5.41) is 0. The summed E-state index contributed by atoms with van der Waals surface area (Å²) < 4.78 is 16.6. The number of hydrogen-bond donors (Lipinski definition) is 0. The van der Waals surface area contributed by atoms with Gasteiger partial charge in [0.05, 0.1) is 0 Å². The number of rotatable bonds is 40. The first kappa shape index (κ1) is 54.3. The maximum atomic E-state index is 12.7. The molecule has 6 nitrogen and oxygen atoms in total. The summed E-state index contributed by atoms with van der Waals surface area (Å²) in [6.45, 7) is 6.34. The summed E-state index contributed by atoms with van der Waals surface area (Å²) in [4.78, 5) is 37.7. The fourth-order valence-electron chi connectivity index (χ4n) is 5.85. The standard InChI is InChI=1S/C52H84O6/c1-4-7-10-13-16-19-22-23-24-25-26-27-28-29-31-33-36-39-42-45-51(54)57-48-49(47-56-50(53)44-41-38-35-32-21-18-15-12-9-6-3)58-52(55)46-43-40-37-34-30-20-17-14-11-8-5-2/h7,10,14,16-17,19-20,23-24,26-27,29-31,36,39,49H,4-6,8-9,11-13,15,18,21-22,25,28,32-35,37-38,40-48H2,1-3H3/b10-7-,17-14-,19-16-,24-23-,27-26-,30-20-,31-29-,39-36-. The third kappa shape index (κ3) is 43.5. The Balaban J connectivity index is 4.51. The van der Waals surface area contributed by atoms with Crippen LogP contribution in [-0.2, 0) is 28.6 Å². The minimum Gasteiger partial charge on any atom is -0.462 e. The molecule has 0 aromatic carbocycles. The highest BCUT2D eigenvalue weighted by molar-refractivity contribution is 5.71. The number of ether oxygens (including phenoxy) is 3. The van der Waals surface area contributed by atoms with Crippen LogP contribution >= 0.6 is 0 Å². The molecule has 58 heavy (non-hydrogen) atoms. The lowest BCUT2D eigenvalue weighted by atomic mass is 10.1. The van der Waals surface area contributed by atoms with Crippen LogP contribution in [-0.4, -0.2) is 37.2 Å². The third-order valence-corrected chi connectivity index (χ3v) is 9.36. The van der Waals surface area contributed by atoms with E-state index in [1.807, 2.05) is 12.2 Å². The Kier molecular flexibility index (Phi) is 43.1. The first-order valence-electron chi connectivity index (χ1n) is 23.3. The van der Waals surface area contributed by atoms with Gasteiger partial charge in [-0.15, -0.1) is 0 Å². The van der Waals surface area contributed by atoms with E-state index in [1.165, 1.54) is 57.8 Å². The van der Waals surface area contributed by atoms with Crippen LogP contribution in [0.2, 0.25) is 0 Å². The molecule has 0 rings (SSSR count). The van der Waals surface area contributed by atoms with E-state index < -0.39 is 6.10 Å². The van der Waals surface area contributed by atoms with Gasteiger partial charge in [-0.1, -0.05) is 195 Å². The molecule has 1 atom stereocenters. The molecule has 0 heterocycles. The van der Waals surface area contributed by atoms with Gasteiger partial charge in [-0.2, -0.15) is 0 Å². The fourth-order valence-corrected chi connectivity index (χ4v) is 5.85. The van der Waals surface area contributed by atoms with E-state index in [2.05, 4.69) is 106 Å². The smallest absolute Gasteiger partial charge is 0.306 e. The van der Waals surface area contributed by atoms with Crippen molar-refractivity contribution in [2.75, 3.05) is 13.2 Å². The van der Waals surface area contributed by atoms with Crippen molar-refractivity contribution >= 4 is 17.9 Å². The van der Waals surface area contributed by atoms with E-state index in [1.54, 1.807) is 0 Å². The van der Waals surface area contributed by atoms with Gasteiger partial charge < -0.3 is 14.2 Å². The van der Waals surface area contributed by atoms with Crippen LogP contribution in [0.15, 0.2) is 97.2 Å². The zero-order valence-electron chi connectivity index (χ0n) is 37.3. The lowest BCUT2D eigenvalue weighted by molar-refractivity contribution is -0.166. The van der Waals surface area contributed by atoms with Gasteiger partial charge in [-0.25, -0.2) is 0 Å². The molecule has 328 valence electrons. The van der Waals surface area contributed by atoms with Crippen LogP contribution in [0, 0.1) is 0 Å². The third-order valence-electron chi connectivity index (χ3n) is 9.36. The predicted octanol–water partition coefficient (Wildman–Crippen LogP) is 15.0. The SMILES string of the molecule is CC/C=C\C/C=C\C/C=C\C/C=C\C/C=C\C/C=C\CCC(=O)OCC(COC(=O)CCCCCCCCCCCC)OC(=O)CCCCC/C=C\C=C/CCCC. The highest BCUT2D eigenvalue weighted by Crippen LogP contribution is 2.13. The number of unbranched alkanes of at least 4 members (excludes halogenated alkanes) is 14. The van der Waals surface area contributed by atoms with Gasteiger partial charge in [0, 0.05) is 19.3 Å². The van der Waals surface area contributed by atoms with Crippen LogP contribution in [0.3, 0.4) is 0 Å². The normalized spacial score (nSPS) is 12.9. The van der Waals surface area contributed by atoms with E-state index in [9.17, 15) is 14.4 Å². The van der Waals surface area contributed by atoms with Crippen LogP contribution in [0.1, 0.15) is 194 Å². The average molecular weight is 805 g/mol. The lowest BCUT2D eigenvalue weighted by Crippen LogP contribution is -2.30. The molecule has 0 N–H and O–H groups in total.